The molecule has 2 heterocycles. The Balaban J connectivity index is 1.46. The zero-order valence-electron chi connectivity index (χ0n) is 15.5. The SMILES string of the molecule is CN(Cc1ccccc1)C(=O)CCc1nc2sc3c(c2c(=O)[nH]1)CCCC3. The molecule has 1 aromatic carbocycles. The molecular formula is C21H23N3O2S. The molecular weight excluding hydrogens is 358 g/mol. The maximum absolute atomic E-state index is 12.6. The van der Waals surface area contributed by atoms with Gasteiger partial charge in [0.25, 0.3) is 5.56 Å². The number of hydrogen-bond acceptors (Lipinski definition) is 4. The number of benzene rings is 1. The van der Waals surface area contributed by atoms with Gasteiger partial charge >= 0.3 is 0 Å². The van der Waals surface area contributed by atoms with Gasteiger partial charge in [0.15, 0.2) is 0 Å². The number of H-pyrrole nitrogens is 1. The largest absolute Gasteiger partial charge is 0.341 e. The first-order chi connectivity index (χ1) is 13.1. The third-order valence-electron chi connectivity index (χ3n) is 5.14. The van der Waals surface area contributed by atoms with E-state index in [1.54, 1.807) is 16.2 Å². The number of aryl methyl sites for hydroxylation is 3. The Bertz CT molecular complexity index is 1020. The summed E-state index contributed by atoms with van der Waals surface area (Å²) in [5, 5.41) is 0.769. The molecule has 5 nitrogen and oxygen atoms in total. The van der Waals surface area contributed by atoms with Crippen molar-refractivity contribution >= 4 is 27.5 Å². The van der Waals surface area contributed by atoms with Crippen molar-refractivity contribution in [2.24, 2.45) is 0 Å². The van der Waals surface area contributed by atoms with Crippen LogP contribution in [0.3, 0.4) is 0 Å². The number of rotatable bonds is 5. The maximum Gasteiger partial charge on any atom is 0.259 e. The number of nitrogens with one attached hydrogen (secondary N) is 1. The van der Waals surface area contributed by atoms with Crippen molar-refractivity contribution in [2.75, 3.05) is 7.05 Å². The Morgan fingerprint density at radius 3 is 2.81 bits per heavy atom. The van der Waals surface area contributed by atoms with Gasteiger partial charge in [-0.15, -0.1) is 11.3 Å². The summed E-state index contributed by atoms with van der Waals surface area (Å²) in [7, 11) is 1.81. The second-order valence-corrected chi connectivity index (χ2v) is 8.22. The quantitative estimate of drug-likeness (QED) is 0.736. The number of carbonyl (C=O) groups is 1. The molecule has 3 aromatic rings. The summed E-state index contributed by atoms with van der Waals surface area (Å²) in [5.74, 6) is 0.652. The number of aromatic nitrogens is 2. The van der Waals surface area contributed by atoms with Gasteiger partial charge in [-0.05, 0) is 36.8 Å². The summed E-state index contributed by atoms with van der Waals surface area (Å²) >= 11 is 1.64. The molecule has 0 unspecified atom stereocenters. The minimum absolute atomic E-state index is 0.0482. The van der Waals surface area contributed by atoms with Gasteiger partial charge in [-0.2, -0.15) is 0 Å². The lowest BCUT2D eigenvalue weighted by Crippen LogP contribution is -2.26. The van der Waals surface area contributed by atoms with Crippen molar-refractivity contribution in [3.63, 3.8) is 0 Å². The van der Waals surface area contributed by atoms with Crippen molar-refractivity contribution < 1.29 is 4.79 Å². The van der Waals surface area contributed by atoms with Crippen LogP contribution in [0.25, 0.3) is 10.2 Å². The first kappa shape index (κ1) is 17.9. The second-order valence-electron chi connectivity index (χ2n) is 7.14. The third-order valence-corrected chi connectivity index (χ3v) is 6.32. The molecule has 0 atom stereocenters. The van der Waals surface area contributed by atoms with Gasteiger partial charge in [0.05, 0.1) is 5.39 Å². The standard InChI is InChI=1S/C21H23N3O2S/c1-24(13-14-7-3-2-4-8-14)18(25)12-11-17-22-20(26)19-15-9-5-6-10-16(15)27-21(19)23-17/h2-4,7-8H,5-6,9-13H2,1H3,(H,22,23,26). The molecule has 0 saturated carbocycles. The molecule has 27 heavy (non-hydrogen) atoms. The Hall–Kier alpha value is -2.47. The van der Waals surface area contributed by atoms with Crippen LogP contribution in [0, 0.1) is 0 Å². The Morgan fingerprint density at radius 1 is 1.22 bits per heavy atom. The molecule has 6 heteroatoms. The van der Waals surface area contributed by atoms with Crippen molar-refractivity contribution in [2.45, 2.75) is 45.1 Å². The lowest BCUT2D eigenvalue weighted by Gasteiger charge is -2.17. The maximum atomic E-state index is 12.6. The lowest BCUT2D eigenvalue weighted by molar-refractivity contribution is -0.130. The molecule has 0 radical (unpaired) electrons. The first-order valence-corrected chi connectivity index (χ1v) is 10.2. The van der Waals surface area contributed by atoms with Gasteiger partial charge in [0.1, 0.15) is 10.7 Å². The van der Waals surface area contributed by atoms with Gasteiger partial charge in [0, 0.05) is 31.3 Å². The molecule has 1 aliphatic carbocycles. The van der Waals surface area contributed by atoms with Gasteiger partial charge in [-0.1, -0.05) is 30.3 Å². The molecule has 0 spiro atoms. The Labute approximate surface area is 162 Å². The summed E-state index contributed by atoms with van der Waals surface area (Å²) in [4.78, 5) is 36.4. The van der Waals surface area contributed by atoms with E-state index in [2.05, 4.69) is 9.97 Å². The number of thiophene rings is 1. The molecule has 2 aromatic heterocycles. The van der Waals surface area contributed by atoms with E-state index in [4.69, 9.17) is 0 Å². The van der Waals surface area contributed by atoms with Crippen LogP contribution in [-0.4, -0.2) is 27.8 Å². The van der Waals surface area contributed by atoms with Crippen molar-refractivity contribution in [3.05, 3.63) is 62.5 Å². The summed E-state index contributed by atoms with van der Waals surface area (Å²) in [6, 6.07) is 9.92. The minimum atomic E-state index is -0.0560. The van der Waals surface area contributed by atoms with Crippen molar-refractivity contribution in [1.82, 2.24) is 14.9 Å². The Morgan fingerprint density at radius 2 is 2.00 bits per heavy atom. The number of hydrogen-bond donors (Lipinski definition) is 1. The van der Waals surface area contributed by atoms with Crippen LogP contribution in [-0.2, 0) is 30.6 Å². The molecule has 1 N–H and O–H groups in total. The first-order valence-electron chi connectivity index (χ1n) is 9.43. The van der Waals surface area contributed by atoms with Gasteiger partial charge in [0.2, 0.25) is 5.91 Å². The number of nitrogens with zero attached hydrogens (tertiary/aromatic N) is 2. The van der Waals surface area contributed by atoms with E-state index in [0.29, 0.717) is 25.2 Å². The highest BCUT2D eigenvalue weighted by Crippen LogP contribution is 2.33. The molecule has 1 amide bonds. The molecule has 0 aliphatic heterocycles. The highest BCUT2D eigenvalue weighted by Gasteiger charge is 2.20. The average Bonchev–Trinajstić information content (AvgIpc) is 3.05. The zero-order chi connectivity index (χ0) is 18.8. The van der Waals surface area contributed by atoms with E-state index in [1.807, 2.05) is 37.4 Å². The van der Waals surface area contributed by atoms with E-state index in [9.17, 15) is 9.59 Å². The van der Waals surface area contributed by atoms with E-state index in [-0.39, 0.29) is 11.5 Å². The van der Waals surface area contributed by atoms with E-state index >= 15 is 0 Å². The van der Waals surface area contributed by atoms with E-state index in [1.165, 1.54) is 16.9 Å². The van der Waals surface area contributed by atoms with Gasteiger partial charge in [-0.25, -0.2) is 4.98 Å². The van der Waals surface area contributed by atoms with Crippen molar-refractivity contribution in [1.29, 1.82) is 0 Å². The summed E-state index contributed by atoms with van der Waals surface area (Å²) < 4.78 is 0. The summed E-state index contributed by atoms with van der Waals surface area (Å²) in [6.07, 6.45) is 5.14. The zero-order valence-corrected chi connectivity index (χ0v) is 16.3. The van der Waals surface area contributed by atoms with Gasteiger partial charge < -0.3 is 9.88 Å². The van der Waals surface area contributed by atoms with Crippen LogP contribution < -0.4 is 5.56 Å². The van der Waals surface area contributed by atoms with Crippen LogP contribution >= 0.6 is 11.3 Å². The van der Waals surface area contributed by atoms with Crippen LogP contribution in [0.4, 0.5) is 0 Å². The number of fused-ring (bicyclic) bond motifs is 3. The molecule has 140 valence electrons. The fourth-order valence-corrected chi connectivity index (χ4v) is 4.97. The fourth-order valence-electron chi connectivity index (χ4n) is 3.69. The number of amides is 1. The van der Waals surface area contributed by atoms with E-state index in [0.717, 1.165) is 35.0 Å². The predicted octanol–water partition coefficient (Wildman–Crippen LogP) is 3.45. The Kier molecular flexibility index (Phi) is 5.07. The molecule has 0 fully saturated rings. The monoisotopic (exact) mass is 381 g/mol. The highest BCUT2D eigenvalue weighted by molar-refractivity contribution is 7.18. The highest BCUT2D eigenvalue weighted by atomic mass is 32.1. The van der Waals surface area contributed by atoms with Crippen LogP contribution in [0.5, 0.6) is 0 Å². The minimum Gasteiger partial charge on any atom is -0.341 e. The third kappa shape index (κ3) is 3.81. The molecule has 0 saturated heterocycles. The molecule has 0 bridgehead atoms. The molecule has 1 aliphatic rings. The second kappa shape index (κ2) is 7.64. The van der Waals surface area contributed by atoms with Crippen LogP contribution in [0.1, 0.15) is 41.1 Å². The summed E-state index contributed by atoms with van der Waals surface area (Å²) in [5.41, 5.74) is 2.24. The van der Waals surface area contributed by atoms with Crippen LogP contribution in [0.2, 0.25) is 0 Å². The average molecular weight is 382 g/mol. The number of aromatic amines is 1. The van der Waals surface area contributed by atoms with Crippen molar-refractivity contribution in [3.8, 4) is 0 Å². The predicted molar refractivity (Wildman–Crippen MR) is 108 cm³/mol. The van der Waals surface area contributed by atoms with E-state index < -0.39 is 0 Å². The fraction of sp³-hybridized carbons (Fsp3) is 0.381. The summed E-state index contributed by atoms with van der Waals surface area (Å²) in [6.45, 7) is 0.584. The topological polar surface area (TPSA) is 66.1 Å². The van der Waals surface area contributed by atoms with Gasteiger partial charge in [-0.3, -0.25) is 9.59 Å². The normalized spacial score (nSPS) is 13.5. The lowest BCUT2D eigenvalue weighted by atomic mass is 9.97. The smallest absolute Gasteiger partial charge is 0.259 e. The van der Waals surface area contributed by atoms with Crippen LogP contribution in [0.15, 0.2) is 35.1 Å². The number of carbonyl (C=O) groups excluding carboxylic acids is 1. The molecule has 4 rings (SSSR count).